The maximum absolute atomic E-state index is 11.1. The Morgan fingerprint density at radius 3 is 1.48 bits per heavy atom. The average Bonchev–Trinajstić information content (AvgIpc) is 2.72. The van der Waals surface area contributed by atoms with Gasteiger partial charge in [0.1, 0.15) is 17.3 Å². The van der Waals surface area contributed by atoms with Gasteiger partial charge in [0.05, 0.1) is 6.61 Å². The van der Waals surface area contributed by atoms with Crippen LogP contribution in [-0.4, -0.2) is 61.5 Å². The molecule has 0 bridgehead atoms. The number of nitrogens with two attached hydrogens (primary N) is 1. The smallest absolute Gasteiger partial charge is 0.332 e. The summed E-state index contributed by atoms with van der Waals surface area (Å²) in [6.45, 7) is 6.88. The van der Waals surface area contributed by atoms with Crippen LogP contribution in [0.15, 0.2) is 0 Å². The van der Waals surface area contributed by atoms with Gasteiger partial charge in [0, 0.05) is 6.04 Å². The molecule has 188 valence electrons. The fraction of sp³-hybridized carbons (Fsp3) is 0.958. The molecule has 0 saturated heterocycles. The van der Waals surface area contributed by atoms with Crippen molar-refractivity contribution in [1.29, 1.82) is 0 Å². The summed E-state index contributed by atoms with van der Waals surface area (Å²) in [5.74, 6) is -1.19. The van der Waals surface area contributed by atoms with Gasteiger partial charge in [-0.25, -0.2) is 4.79 Å². The summed E-state index contributed by atoms with van der Waals surface area (Å²) in [7, 11) is 0. The Bertz CT molecular complexity index is 432. The van der Waals surface area contributed by atoms with Crippen molar-refractivity contribution in [2.75, 3.05) is 6.61 Å². The standard InChI is InChI=1S/C21H45NO3.C3H6O3/c1-4-6-8-10-12-14-16-20(24,18-23)21(25,19(3)22)17-15-13-11-9-7-5-2;1-2(4)3(5)6/h19,23-25H,4-18,22H2,1-3H3;2,4H,1H3,(H,5,6). The minimum Gasteiger partial charge on any atom is -0.479 e. The van der Waals surface area contributed by atoms with E-state index in [0.717, 1.165) is 38.5 Å². The van der Waals surface area contributed by atoms with Crippen molar-refractivity contribution in [2.45, 2.75) is 141 Å². The number of carbonyl (C=O) groups is 1. The van der Waals surface area contributed by atoms with Crippen LogP contribution >= 0.6 is 0 Å². The summed E-state index contributed by atoms with van der Waals surface area (Å²) in [6.07, 6.45) is 13.0. The number of aliphatic hydroxyl groups excluding tert-OH is 2. The minimum absolute atomic E-state index is 0.406. The summed E-state index contributed by atoms with van der Waals surface area (Å²) >= 11 is 0. The van der Waals surface area contributed by atoms with Crippen molar-refractivity contribution in [3.05, 3.63) is 0 Å². The molecule has 0 amide bonds. The third-order valence-electron chi connectivity index (χ3n) is 6.03. The third kappa shape index (κ3) is 14.1. The highest BCUT2D eigenvalue weighted by Gasteiger charge is 2.50. The maximum Gasteiger partial charge on any atom is 0.332 e. The quantitative estimate of drug-likeness (QED) is 0.175. The van der Waals surface area contributed by atoms with Crippen LogP contribution < -0.4 is 5.73 Å². The van der Waals surface area contributed by atoms with Gasteiger partial charge >= 0.3 is 5.97 Å². The Hall–Kier alpha value is -0.730. The molecule has 0 heterocycles. The fourth-order valence-electron chi connectivity index (χ4n) is 3.69. The molecule has 7 N–H and O–H groups in total. The molecule has 31 heavy (non-hydrogen) atoms. The second-order valence-electron chi connectivity index (χ2n) is 8.95. The van der Waals surface area contributed by atoms with Crippen LogP contribution in [0.4, 0.5) is 0 Å². The number of carboxylic acid groups (broad SMARTS) is 1. The van der Waals surface area contributed by atoms with Gasteiger partial charge in [-0.2, -0.15) is 0 Å². The Labute approximate surface area is 190 Å². The third-order valence-corrected chi connectivity index (χ3v) is 6.03. The molecule has 0 aliphatic carbocycles. The van der Waals surface area contributed by atoms with Crippen molar-refractivity contribution in [3.8, 4) is 0 Å². The Kier molecular flexibility index (Phi) is 19.7. The molecule has 7 nitrogen and oxygen atoms in total. The van der Waals surface area contributed by atoms with Gasteiger partial charge in [-0.1, -0.05) is 90.9 Å². The van der Waals surface area contributed by atoms with E-state index in [9.17, 15) is 20.1 Å². The second-order valence-corrected chi connectivity index (χ2v) is 8.95. The molecule has 0 aliphatic heterocycles. The molecule has 0 aromatic heterocycles. The summed E-state index contributed by atoms with van der Waals surface area (Å²) in [5.41, 5.74) is 3.12. The van der Waals surface area contributed by atoms with E-state index in [4.69, 9.17) is 15.9 Å². The van der Waals surface area contributed by atoms with E-state index in [0.29, 0.717) is 12.8 Å². The highest BCUT2D eigenvalue weighted by atomic mass is 16.4. The second kappa shape index (κ2) is 18.8. The van der Waals surface area contributed by atoms with Gasteiger partial charge in [0.25, 0.3) is 0 Å². The molecule has 0 rings (SSSR count). The van der Waals surface area contributed by atoms with Crippen LogP contribution in [0.2, 0.25) is 0 Å². The highest BCUT2D eigenvalue weighted by Crippen LogP contribution is 2.35. The van der Waals surface area contributed by atoms with Crippen molar-refractivity contribution in [1.82, 2.24) is 0 Å². The largest absolute Gasteiger partial charge is 0.479 e. The molecule has 0 aromatic carbocycles. The zero-order valence-corrected chi connectivity index (χ0v) is 20.5. The fourth-order valence-corrected chi connectivity index (χ4v) is 3.69. The first-order valence-corrected chi connectivity index (χ1v) is 12.2. The number of unbranched alkanes of at least 4 members (excludes halogenated alkanes) is 10. The Morgan fingerprint density at radius 1 is 0.806 bits per heavy atom. The lowest BCUT2D eigenvalue weighted by atomic mass is 9.72. The van der Waals surface area contributed by atoms with E-state index >= 15 is 0 Å². The zero-order chi connectivity index (χ0) is 24.3. The van der Waals surface area contributed by atoms with Crippen molar-refractivity contribution in [2.24, 2.45) is 5.73 Å². The normalized spacial score (nSPS) is 17.1. The van der Waals surface area contributed by atoms with Crippen molar-refractivity contribution >= 4 is 5.97 Å². The van der Waals surface area contributed by atoms with Crippen LogP contribution in [0.25, 0.3) is 0 Å². The number of hydrogen-bond acceptors (Lipinski definition) is 6. The first-order chi connectivity index (χ1) is 14.5. The average molecular weight is 450 g/mol. The first kappa shape index (κ1) is 32.4. The predicted octanol–water partition coefficient (Wildman–Crippen LogP) is 3.74. The summed E-state index contributed by atoms with van der Waals surface area (Å²) in [6, 6.07) is -0.569. The molecule has 0 spiro atoms. The lowest BCUT2D eigenvalue weighted by Gasteiger charge is -2.45. The van der Waals surface area contributed by atoms with E-state index in [1.54, 1.807) is 6.92 Å². The van der Waals surface area contributed by atoms with E-state index < -0.39 is 35.9 Å². The van der Waals surface area contributed by atoms with Gasteiger partial charge < -0.3 is 31.3 Å². The first-order valence-electron chi connectivity index (χ1n) is 12.2. The maximum atomic E-state index is 11.1. The van der Waals surface area contributed by atoms with Gasteiger partial charge in [0.15, 0.2) is 0 Å². The molecule has 0 fully saturated rings. The molecular formula is C24H51NO6. The summed E-state index contributed by atoms with van der Waals surface area (Å²) in [5, 5.41) is 47.7. The van der Waals surface area contributed by atoms with Gasteiger partial charge in [0.2, 0.25) is 0 Å². The molecule has 4 unspecified atom stereocenters. The summed E-state index contributed by atoms with van der Waals surface area (Å²) < 4.78 is 0. The van der Waals surface area contributed by atoms with Crippen molar-refractivity contribution < 1.29 is 30.3 Å². The van der Waals surface area contributed by atoms with Gasteiger partial charge in [-0.05, 0) is 26.7 Å². The number of hydrogen-bond donors (Lipinski definition) is 6. The number of carboxylic acids is 1. The Morgan fingerprint density at radius 2 is 1.16 bits per heavy atom. The molecule has 0 aliphatic rings. The van der Waals surface area contributed by atoms with Crippen LogP contribution in [0.3, 0.4) is 0 Å². The van der Waals surface area contributed by atoms with Crippen LogP contribution in [0.1, 0.15) is 118 Å². The SMILES string of the molecule is CC(O)C(=O)O.CCCCCCCCC(O)(CO)C(O)(CCCCCCCC)C(C)N. The van der Waals surface area contributed by atoms with Gasteiger partial charge in [-0.3, -0.25) is 0 Å². The molecule has 7 heteroatoms. The molecular weight excluding hydrogens is 398 g/mol. The molecule has 0 aromatic rings. The monoisotopic (exact) mass is 449 g/mol. The van der Waals surface area contributed by atoms with Crippen LogP contribution in [-0.2, 0) is 4.79 Å². The number of aliphatic hydroxyl groups is 4. The van der Waals surface area contributed by atoms with Crippen LogP contribution in [0, 0.1) is 0 Å². The van der Waals surface area contributed by atoms with Gasteiger partial charge in [-0.15, -0.1) is 0 Å². The van der Waals surface area contributed by atoms with E-state index in [1.165, 1.54) is 45.4 Å². The Balaban J connectivity index is 0. The van der Waals surface area contributed by atoms with E-state index in [1.807, 2.05) is 0 Å². The topological polar surface area (TPSA) is 144 Å². The highest BCUT2D eigenvalue weighted by molar-refractivity contribution is 5.71. The number of aliphatic carboxylic acids is 1. The lowest BCUT2D eigenvalue weighted by Crippen LogP contribution is -2.64. The zero-order valence-electron chi connectivity index (χ0n) is 20.5. The molecule has 4 atom stereocenters. The number of rotatable bonds is 18. The minimum atomic E-state index is -1.50. The predicted molar refractivity (Wildman–Crippen MR) is 126 cm³/mol. The molecule has 0 radical (unpaired) electrons. The van der Waals surface area contributed by atoms with E-state index in [2.05, 4.69) is 13.8 Å². The van der Waals surface area contributed by atoms with Crippen molar-refractivity contribution in [3.63, 3.8) is 0 Å². The van der Waals surface area contributed by atoms with E-state index in [-0.39, 0.29) is 0 Å². The lowest BCUT2D eigenvalue weighted by molar-refractivity contribution is -0.189. The summed E-state index contributed by atoms with van der Waals surface area (Å²) in [4.78, 5) is 9.45. The van der Waals surface area contributed by atoms with Crippen LogP contribution in [0.5, 0.6) is 0 Å². The molecule has 0 saturated carbocycles.